The number of carbonyl (C=O) groups is 1. The van der Waals surface area contributed by atoms with Gasteiger partial charge >= 0.3 is 0 Å². The Morgan fingerprint density at radius 1 is 1.55 bits per heavy atom. The summed E-state index contributed by atoms with van der Waals surface area (Å²) in [5, 5.41) is 12.6. The maximum atomic E-state index is 13.0. The van der Waals surface area contributed by atoms with Crippen LogP contribution in [0.25, 0.3) is 0 Å². The third-order valence-corrected chi connectivity index (χ3v) is 2.91. The Labute approximate surface area is 119 Å². The average Bonchev–Trinajstić information content (AvgIpc) is 2.36. The SMILES string of the molecule is CCCC(C)(O)CNC(=O)C(C)Oc1cccc(F)c1. The molecule has 2 atom stereocenters. The summed E-state index contributed by atoms with van der Waals surface area (Å²) in [5.41, 5.74) is -0.928. The quantitative estimate of drug-likeness (QED) is 0.807. The Hall–Kier alpha value is -1.62. The maximum Gasteiger partial charge on any atom is 0.260 e. The molecule has 0 fully saturated rings. The van der Waals surface area contributed by atoms with E-state index in [1.807, 2.05) is 6.92 Å². The lowest BCUT2D eigenvalue weighted by atomic mass is 10.0. The van der Waals surface area contributed by atoms with Crippen molar-refractivity contribution >= 4 is 5.91 Å². The van der Waals surface area contributed by atoms with Gasteiger partial charge in [0.25, 0.3) is 5.91 Å². The van der Waals surface area contributed by atoms with Gasteiger partial charge in [0.05, 0.1) is 5.60 Å². The molecule has 0 saturated carbocycles. The lowest BCUT2D eigenvalue weighted by Gasteiger charge is -2.24. The highest BCUT2D eigenvalue weighted by Gasteiger charge is 2.22. The van der Waals surface area contributed by atoms with Gasteiger partial charge in [-0.15, -0.1) is 0 Å². The van der Waals surface area contributed by atoms with Crippen molar-refractivity contribution < 1.29 is 19.0 Å². The zero-order chi connectivity index (χ0) is 15.2. The van der Waals surface area contributed by atoms with Crippen LogP contribution in [0.15, 0.2) is 24.3 Å². The number of halogens is 1. The van der Waals surface area contributed by atoms with Crippen LogP contribution in [0.4, 0.5) is 4.39 Å². The zero-order valence-corrected chi connectivity index (χ0v) is 12.1. The van der Waals surface area contributed by atoms with Crippen LogP contribution in [0.3, 0.4) is 0 Å². The van der Waals surface area contributed by atoms with Crippen molar-refractivity contribution in [1.29, 1.82) is 0 Å². The van der Waals surface area contributed by atoms with Crippen molar-refractivity contribution in [2.45, 2.75) is 45.3 Å². The van der Waals surface area contributed by atoms with Gasteiger partial charge in [0.15, 0.2) is 6.10 Å². The van der Waals surface area contributed by atoms with Gasteiger partial charge in [-0.25, -0.2) is 4.39 Å². The number of ether oxygens (including phenoxy) is 1. The lowest BCUT2D eigenvalue weighted by molar-refractivity contribution is -0.128. The van der Waals surface area contributed by atoms with Crippen LogP contribution in [-0.2, 0) is 4.79 Å². The maximum absolute atomic E-state index is 13.0. The molecule has 0 heterocycles. The van der Waals surface area contributed by atoms with E-state index in [4.69, 9.17) is 4.74 Å². The molecule has 112 valence electrons. The molecule has 4 nitrogen and oxygen atoms in total. The Morgan fingerprint density at radius 2 is 2.25 bits per heavy atom. The third-order valence-electron chi connectivity index (χ3n) is 2.91. The van der Waals surface area contributed by atoms with E-state index < -0.39 is 17.5 Å². The van der Waals surface area contributed by atoms with E-state index in [9.17, 15) is 14.3 Å². The van der Waals surface area contributed by atoms with Gasteiger partial charge in [0.1, 0.15) is 11.6 Å². The summed E-state index contributed by atoms with van der Waals surface area (Å²) in [6.45, 7) is 5.38. The van der Waals surface area contributed by atoms with Crippen LogP contribution in [0.2, 0.25) is 0 Å². The summed E-state index contributed by atoms with van der Waals surface area (Å²) in [7, 11) is 0. The summed E-state index contributed by atoms with van der Waals surface area (Å²) in [6.07, 6.45) is 0.680. The average molecular weight is 283 g/mol. The number of nitrogens with one attached hydrogen (secondary N) is 1. The second kappa shape index (κ2) is 7.24. The number of hydrogen-bond acceptors (Lipinski definition) is 3. The number of aliphatic hydroxyl groups is 1. The van der Waals surface area contributed by atoms with E-state index in [1.54, 1.807) is 19.9 Å². The molecule has 0 aliphatic heterocycles. The van der Waals surface area contributed by atoms with Crippen molar-refractivity contribution in [1.82, 2.24) is 5.32 Å². The summed E-state index contributed by atoms with van der Waals surface area (Å²) in [4.78, 5) is 11.8. The minimum absolute atomic E-state index is 0.163. The van der Waals surface area contributed by atoms with Crippen LogP contribution in [0.5, 0.6) is 5.75 Å². The second-order valence-corrected chi connectivity index (χ2v) is 5.18. The van der Waals surface area contributed by atoms with Crippen molar-refractivity contribution in [2.24, 2.45) is 0 Å². The minimum atomic E-state index is -0.928. The van der Waals surface area contributed by atoms with Crippen LogP contribution in [0, 0.1) is 5.82 Å². The van der Waals surface area contributed by atoms with Gasteiger partial charge in [-0.05, 0) is 32.4 Å². The third kappa shape index (κ3) is 5.57. The fraction of sp³-hybridized carbons (Fsp3) is 0.533. The minimum Gasteiger partial charge on any atom is -0.481 e. The van der Waals surface area contributed by atoms with Gasteiger partial charge in [-0.1, -0.05) is 19.4 Å². The molecule has 5 heteroatoms. The van der Waals surface area contributed by atoms with Gasteiger partial charge in [0, 0.05) is 12.6 Å². The molecular weight excluding hydrogens is 261 g/mol. The van der Waals surface area contributed by atoms with Crippen LogP contribution in [0.1, 0.15) is 33.6 Å². The summed E-state index contributed by atoms with van der Waals surface area (Å²) < 4.78 is 18.3. The molecule has 0 saturated heterocycles. The number of rotatable bonds is 7. The Balaban J connectivity index is 2.47. The summed E-state index contributed by atoms with van der Waals surface area (Å²) in [6, 6.07) is 5.62. The Kier molecular flexibility index (Phi) is 5.95. The largest absolute Gasteiger partial charge is 0.481 e. The molecule has 1 rings (SSSR count). The number of amides is 1. The second-order valence-electron chi connectivity index (χ2n) is 5.18. The van der Waals surface area contributed by atoms with E-state index in [1.165, 1.54) is 18.2 Å². The van der Waals surface area contributed by atoms with Gasteiger partial charge in [-0.3, -0.25) is 4.79 Å². The van der Waals surface area contributed by atoms with E-state index in [0.29, 0.717) is 12.2 Å². The highest BCUT2D eigenvalue weighted by Crippen LogP contribution is 2.14. The molecule has 0 aliphatic rings. The fourth-order valence-electron chi connectivity index (χ4n) is 1.85. The smallest absolute Gasteiger partial charge is 0.260 e. The zero-order valence-electron chi connectivity index (χ0n) is 12.1. The van der Waals surface area contributed by atoms with Crippen molar-refractivity contribution in [3.8, 4) is 5.75 Å². The Bertz CT molecular complexity index is 448. The molecule has 0 spiro atoms. The van der Waals surface area contributed by atoms with Crippen LogP contribution in [-0.4, -0.2) is 29.3 Å². The Morgan fingerprint density at radius 3 is 2.85 bits per heavy atom. The first-order chi connectivity index (χ1) is 9.34. The van der Waals surface area contributed by atoms with E-state index in [-0.39, 0.29) is 12.5 Å². The lowest BCUT2D eigenvalue weighted by Crippen LogP contribution is -2.45. The van der Waals surface area contributed by atoms with Gasteiger partial charge in [-0.2, -0.15) is 0 Å². The van der Waals surface area contributed by atoms with Crippen molar-refractivity contribution in [3.63, 3.8) is 0 Å². The number of carbonyl (C=O) groups excluding carboxylic acids is 1. The first-order valence-electron chi connectivity index (χ1n) is 6.76. The molecular formula is C15H22FNO3. The number of benzene rings is 1. The predicted octanol–water partition coefficient (Wildman–Crippen LogP) is 2.26. The van der Waals surface area contributed by atoms with E-state index >= 15 is 0 Å². The molecule has 20 heavy (non-hydrogen) atoms. The standard InChI is InChI=1S/C15H22FNO3/c1-4-8-15(3,19)10-17-14(18)11(2)20-13-7-5-6-12(16)9-13/h5-7,9,11,19H,4,8,10H2,1-3H3,(H,17,18). The molecule has 0 radical (unpaired) electrons. The van der Waals surface area contributed by atoms with Crippen molar-refractivity contribution in [2.75, 3.05) is 6.54 Å². The molecule has 0 bridgehead atoms. The molecule has 1 aromatic carbocycles. The van der Waals surface area contributed by atoms with Crippen LogP contribution < -0.4 is 10.1 Å². The monoisotopic (exact) mass is 283 g/mol. The molecule has 2 N–H and O–H groups in total. The molecule has 1 aromatic rings. The summed E-state index contributed by atoms with van der Waals surface area (Å²) in [5.74, 6) is -0.459. The number of hydrogen-bond donors (Lipinski definition) is 2. The predicted molar refractivity (Wildman–Crippen MR) is 75.0 cm³/mol. The van der Waals surface area contributed by atoms with Gasteiger partial charge in [0.2, 0.25) is 0 Å². The normalized spacial score (nSPS) is 15.2. The molecule has 0 aromatic heterocycles. The highest BCUT2D eigenvalue weighted by molar-refractivity contribution is 5.80. The van der Waals surface area contributed by atoms with E-state index in [0.717, 1.165) is 6.42 Å². The van der Waals surface area contributed by atoms with Crippen LogP contribution >= 0.6 is 0 Å². The first kappa shape index (κ1) is 16.4. The first-order valence-corrected chi connectivity index (χ1v) is 6.76. The van der Waals surface area contributed by atoms with Gasteiger partial charge < -0.3 is 15.2 Å². The molecule has 2 unspecified atom stereocenters. The fourth-order valence-corrected chi connectivity index (χ4v) is 1.85. The molecule has 1 amide bonds. The summed E-state index contributed by atoms with van der Waals surface area (Å²) >= 11 is 0. The molecule has 0 aliphatic carbocycles. The topological polar surface area (TPSA) is 58.6 Å². The highest BCUT2D eigenvalue weighted by atomic mass is 19.1. The van der Waals surface area contributed by atoms with E-state index in [2.05, 4.69) is 5.32 Å². The van der Waals surface area contributed by atoms with Crippen molar-refractivity contribution in [3.05, 3.63) is 30.1 Å².